The highest BCUT2D eigenvalue weighted by atomic mass is 32.1. The first-order valence-electron chi connectivity index (χ1n) is 10.1. The van der Waals surface area contributed by atoms with E-state index in [-0.39, 0.29) is 23.3 Å². The molecule has 0 unspecified atom stereocenters. The number of hydrogen-bond donors (Lipinski definition) is 2. The molecular weight excluding hydrogens is 431 g/mol. The van der Waals surface area contributed by atoms with Crippen LogP contribution in [0.5, 0.6) is 0 Å². The van der Waals surface area contributed by atoms with Gasteiger partial charge < -0.3 is 15.5 Å². The maximum atomic E-state index is 14.4. The number of nitrogens with zero attached hydrogens (tertiary/aromatic N) is 4. The molecule has 1 aliphatic rings. The first-order chi connectivity index (χ1) is 15.3. The molecule has 4 rings (SSSR count). The lowest BCUT2D eigenvalue weighted by Crippen LogP contribution is -2.38. The van der Waals surface area contributed by atoms with Gasteiger partial charge in [0.15, 0.2) is 0 Å². The van der Waals surface area contributed by atoms with Crippen molar-refractivity contribution >= 4 is 29.2 Å². The van der Waals surface area contributed by atoms with Gasteiger partial charge >= 0.3 is 6.03 Å². The maximum absolute atomic E-state index is 14.4. The van der Waals surface area contributed by atoms with Gasteiger partial charge in [0.25, 0.3) is 5.91 Å². The van der Waals surface area contributed by atoms with Crippen LogP contribution >= 0.6 is 11.5 Å². The molecule has 0 saturated carbocycles. The van der Waals surface area contributed by atoms with E-state index in [1.54, 1.807) is 30.9 Å². The van der Waals surface area contributed by atoms with Crippen LogP contribution in [0.1, 0.15) is 38.6 Å². The smallest absolute Gasteiger partial charge is 0.321 e. The number of anilines is 1. The molecule has 3 aromatic rings. The van der Waals surface area contributed by atoms with Crippen molar-refractivity contribution in [2.45, 2.75) is 25.7 Å². The summed E-state index contributed by atoms with van der Waals surface area (Å²) in [7, 11) is 1.52. The lowest BCUT2D eigenvalue weighted by molar-refractivity contribution is 0.0963. The SMILES string of the molecule is CNC(=O)c1cnc(C)cc1NC(=O)N1CC[C@](c2ccc(C)c(F)c2)(c2ncns2)C1. The van der Waals surface area contributed by atoms with Crippen LogP contribution in [0.15, 0.2) is 36.8 Å². The summed E-state index contributed by atoms with van der Waals surface area (Å²) in [5.74, 6) is -0.635. The molecule has 166 valence electrons. The number of nitrogens with one attached hydrogen (secondary N) is 2. The Morgan fingerprint density at radius 1 is 1.22 bits per heavy atom. The first kappa shape index (κ1) is 21.8. The van der Waals surface area contributed by atoms with Gasteiger partial charge in [0.05, 0.1) is 16.7 Å². The summed E-state index contributed by atoms with van der Waals surface area (Å²) in [5.41, 5.74) is 2.01. The second-order valence-corrected chi connectivity index (χ2v) is 8.62. The zero-order valence-electron chi connectivity index (χ0n) is 18.0. The zero-order chi connectivity index (χ0) is 22.9. The molecule has 3 heterocycles. The van der Waals surface area contributed by atoms with E-state index in [9.17, 15) is 14.0 Å². The van der Waals surface area contributed by atoms with Gasteiger partial charge in [-0.25, -0.2) is 14.2 Å². The third-order valence-corrected chi connectivity index (χ3v) is 6.67. The predicted molar refractivity (Wildman–Crippen MR) is 119 cm³/mol. The molecular formula is C22H23FN6O2S. The summed E-state index contributed by atoms with van der Waals surface area (Å²) in [5, 5.41) is 6.13. The summed E-state index contributed by atoms with van der Waals surface area (Å²) in [6.07, 6.45) is 3.49. The van der Waals surface area contributed by atoms with E-state index >= 15 is 0 Å². The normalized spacial score (nSPS) is 17.9. The van der Waals surface area contributed by atoms with Crippen molar-refractivity contribution in [2.24, 2.45) is 0 Å². The highest BCUT2D eigenvalue weighted by molar-refractivity contribution is 7.05. The molecule has 1 saturated heterocycles. The fourth-order valence-electron chi connectivity index (χ4n) is 3.96. The third-order valence-electron chi connectivity index (χ3n) is 5.81. The predicted octanol–water partition coefficient (Wildman–Crippen LogP) is 3.27. The standard InChI is InChI=1S/C22H23FN6O2S/c1-13-4-5-15(9-17(13)23)22(20-26-12-27-32-20)6-7-29(11-22)21(31)28-18-8-14(2)25-10-16(18)19(30)24-3/h4-5,8-10,12H,6-7,11H2,1-3H3,(H,24,30)(H,25,28,31)/t22-/m0/s1. The Labute approximate surface area is 189 Å². The topological polar surface area (TPSA) is 100 Å². The Bertz CT molecular complexity index is 1170. The van der Waals surface area contributed by atoms with Gasteiger partial charge in [0.1, 0.15) is 17.2 Å². The average molecular weight is 455 g/mol. The number of hydrogen-bond acceptors (Lipinski definition) is 6. The fourth-order valence-corrected chi connectivity index (χ4v) is 4.71. The number of pyridine rings is 1. The Balaban J connectivity index is 1.63. The third kappa shape index (κ3) is 3.93. The van der Waals surface area contributed by atoms with Crippen molar-refractivity contribution in [1.29, 1.82) is 0 Å². The number of halogens is 1. The maximum Gasteiger partial charge on any atom is 0.321 e. The van der Waals surface area contributed by atoms with Crippen molar-refractivity contribution in [2.75, 3.05) is 25.5 Å². The van der Waals surface area contributed by atoms with E-state index < -0.39 is 5.41 Å². The average Bonchev–Trinajstić information content (AvgIpc) is 3.46. The number of benzene rings is 1. The van der Waals surface area contributed by atoms with Crippen LogP contribution in [0.3, 0.4) is 0 Å². The number of rotatable bonds is 4. The summed E-state index contributed by atoms with van der Waals surface area (Å²) < 4.78 is 18.5. The Hall–Kier alpha value is -3.40. The minimum atomic E-state index is -0.648. The Morgan fingerprint density at radius 2 is 2.03 bits per heavy atom. The molecule has 3 amide bonds. The quantitative estimate of drug-likeness (QED) is 0.630. The number of urea groups is 1. The first-order valence-corrected chi connectivity index (χ1v) is 10.9. The van der Waals surface area contributed by atoms with Crippen molar-refractivity contribution in [3.8, 4) is 0 Å². The summed E-state index contributed by atoms with van der Waals surface area (Å²) in [6, 6.07) is 6.46. The second-order valence-electron chi connectivity index (χ2n) is 7.84. The highest BCUT2D eigenvalue weighted by Gasteiger charge is 2.45. The van der Waals surface area contributed by atoms with Crippen LogP contribution in [0.4, 0.5) is 14.9 Å². The molecule has 1 aromatic carbocycles. The van der Waals surface area contributed by atoms with Gasteiger partial charge in [-0.2, -0.15) is 4.37 Å². The number of carbonyl (C=O) groups excluding carboxylic acids is 2. The van der Waals surface area contributed by atoms with E-state index in [0.717, 1.165) is 10.6 Å². The van der Waals surface area contributed by atoms with Gasteiger partial charge in [-0.05, 0) is 55.1 Å². The van der Waals surface area contributed by atoms with Gasteiger partial charge in [-0.1, -0.05) is 12.1 Å². The van der Waals surface area contributed by atoms with Gasteiger partial charge in [-0.3, -0.25) is 9.78 Å². The van der Waals surface area contributed by atoms with Crippen LogP contribution in [-0.4, -0.2) is 51.3 Å². The molecule has 10 heteroatoms. The molecule has 2 N–H and O–H groups in total. The van der Waals surface area contributed by atoms with Crippen LogP contribution in [0.25, 0.3) is 0 Å². The van der Waals surface area contributed by atoms with Crippen molar-refractivity contribution in [3.05, 3.63) is 70.0 Å². The molecule has 0 bridgehead atoms. The minimum absolute atomic E-state index is 0.279. The molecule has 1 aliphatic heterocycles. The van der Waals surface area contributed by atoms with E-state index in [0.29, 0.717) is 36.5 Å². The monoisotopic (exact) mass is 454 g/mol. The number of likely N-dealkylation sites (tertiary alicyclic amines) is 1. The Morgan fingerprint density at radius 3 is 2.72 bits per heavy atom. The molecule has 0 spiro atoms. The van der Waals surface area contributed by atoms with Crippen molar-refractivity contribution in [1.82, 2.24) is 24.6 Å². The zero-order valence-corrected chi connectivity index (χ0v) is 18.8. The van der Waals surface area contributed by atoms with E-state index in [1.807, 2.05) is 6.07 Å². The molecule has 8 nitrogen and oxygen atoms in total. The van der Waals surface area contributed by atoms with Gasteiger partial charge in [-0.15, -0.1) is 0 Å². The van der Waals surface area contributed by atoms with Crippen molar-refractivity contribution in [3.63, 3.8) is 0 Å². The number of carbonyl (C=O) groups is 2. The molecule has 2 aromatic heterocycles. The van der Waals surface area contributed by atoms with E-state index in [4.69, 9.17) is 0 Å². The van der Waals surface area contributed by atoms with Gasteiger partial charge in [0, 0.05) is 32.0 Å². The van der Waals surface area contributed by atoms with Crippen molar-refractivity contribution < 1.29 is 14.0 Å². The largest absolute Gasteiger partial charge is 0.355 e. The minimum Gasteiger partial charge on any atom is -0.355 e. The number of aromatic nitrogens is 3. The summed E-state index contributed by atoms with van der Waals surface area (Å²) >= 11 is 1.25. The lowest BCUT2D eigenvalue weighted by Gasteiger charge is -2.28. The Kier molecular flexibility index (Phi) is 5.88. The van der Waals surface area contributed by atoms with Crippen LogP contribution < -0.4 is 10.6 Å². The number of aryl methyl sites for hydroxylation is 2. The molecule has 1 atom stereocenters. The summed E-state index contributed by atoms with van der Waals surface area (Å²) in [6.45, 7) is 4.26. The van der Waals surface area contributed by atoms with Crippen LogP contribution in [0.2, 0.25) is 0 Å². The highest BCUT2D eigenvalue weighted by Crippen LogP contribution is 2.42. The van der Waals surface area contributed by atoms with Crippen LogP contribution in [0, 0.1) is 19.7 Å². The molecule has 0 radical (unpaired) electrons. The summed E-state index contributed by atoms with van der Waals surface area (Å²) in [4.78, 5) is 35.5. The molecule has 1 fully saturated rings. The van der Waals surface area contributed by atoms with E-state index in [2.05, 4.69) is 25.0 Å². The van der Waals surface area contributed by atoms with E-state index in [1.165, 1.54) is 37.2 Å². The molecule has 32 heavy (non-hydrogen) atoms. The van der Waals surface area contributed by atoms with Gasteiger partial charge in [0.2, 0.25) is 0 Å². The molecule has 0 aliphatic carbocycles. The second kappa shape index (κ2) is 8.62. The van der Waals surface area contributed by atoms with Crippen LogP contribution in [-0.2, 0) is 5.41 Å². The lowest BCUT2D eigenvalue weighted by atomic mass is 9.80. The fraction of sp³-hybridized carbons (Fsp3) is 0.318. The number of amides is 3.